The number of aromatic nitrogens is 5. The van der Waals surface area contributed by atoms with E-state index in [9.17, 15) is 0 Å². The topological polar surface area (TPSA) is 60.6 Å². The minimum Gasteiger partial charge on any atom is -0.332 e. The van der Waals surface area contributed by atoms with Gasteiger partial charge in [0.2, 0.25) is 0 Å². The summed E-state index contributed by atoms with van der Waals surface area (Å²) < 4.78 is 4.59. The third kappa shape index (κ3) is 4.47. The summed E-state index contributed by atoms with van der Waals surface area (Å²) in [7, 11) is 1.96. The van der Waals surface area contributed by atoms with E-state index in [0.29, 0.717) is 17.3 Å². The van der Waals surface area contributed by atoms with E-state index in [2.05, 4.69) is 55.0 Å². The fourth-order valence-corrected chi connectivity index (χ4v) is 5.58. The lowest BCUT2D eigenvalue weighted by molar-refractivity contribution is 0.313. The van der Waals surface area contributed by atoms with Gasteiger partial charge in [0.25, 0.3) is 0 Å². The van der Waals surface area contributed by atoms with E-state index in [1.807, 2.05) is 43.9 Å². The van der Waals surface area contributed by atoms with Crippen molar-refractivity contribution in [1.29, 1.82) is 0 Å². The molecule has 3 unspecified atom stereocenters. The van der Waals surface area contributed by atoms with Crippen molar-refractivity contribution in [2.45, 2.75) is 55.3 Å². The van der Waals surface area contributed by atoms with Crippen molar-refractivity contribution in [2.75, 3.05) is 7.05 Å². The Bertz CT molecular complexity index is 832. The van der Waals surface area contributed by atoms with Crippen LogP contribution in [-0.4, -0.2) is 36.4 Å². The molecule has 3 atom stereocenters. The zero-order chi connectivity index (χ0) is 19.2. The molecule has 3 aromatic rings. The van der Waals surface area contributed by atoms with E-state index in [1.54, 1.807) is 0 Å². The van der Waals surface area contributed by atoms with E-state index in [0.717, 1.165) is 23.7 Å². The number of thioether (sulfide) groups is 1. The molecule has 0 amide bonds. The van der Waals surface area contributed by atoms with Crippen LogP contribution in [0.15, 0.2) is 55.6 Å². The van der Waals surface area contributed by atoms with E-state index >= 15 is 0 Å². The smallest absolute Gasteiger partial charge is 0.0949 e. The largest absolute Gasteiger partial charge is 0.332 e. The number of rotatable bonds is 7. The fourth-order valence-electron chi connectivity index (χ4n) is 4.18. The van der Waals surface area contributed by atoms with Crippen LogP contribution < -0.4 is 5.32 Å². The van der Waals surface area contributed by atoms with Crippen molar-refractivity contribution in [1.82, 2.24) is 29.4 Å². The van der Waals surface area contributed by atoms with Gasteiger partial charge in [-0.05, 0) is 32.0 Å². The molecule has 1 aliphatic rings. The predicted molar refractivity (Wildman–Crippen MR) is 113 cm³/mol. The number of nitrogens with one attached hydrogen (secondary N) is 1. The summed E-state index contributed by atoms with van der Waals surface area (Å²) in [5, 5.41) is 3.70. The van der Waals surface area contributed by atoms with Crippen LogP contribution in [0.1, 0.15) is 49.2 Å². The molecule has 0 radical (unpaired) electrons. The Morgan fingerprint density at radius 2 is 1.79 bits per heavy atom. The average molecular weight is 397 g/mol. The second-order valence-corrected chi connectivity index (χ2v) is 8.59. The van der Waals surface area contributed by atoms with Crippen molar-refractivity contribution in [2.24, 2.45) is 0 Å². The molecule has 7 heteroatoms. The van der Waals surface area contributed by atoms with Gasteiger partial charge in [-0.3, -0.25) is 4.98 Å². The number of imidazole rings is 2. The molecule has 0 saturated heterocycles. The van der Waals surface area contributed by atoms with Crippen LogP contribution >= 0.6 is 11.8 Å². The van der Waals surface area contributed by atoms with Crippen molar-refractivity contribution >= 4 is 11.8 Å². The zero-order valence-corrected chi connectivity index (χ0v) is 17.1. The molecule has 3 heterocycles. The highest BCUT2D eigenvalue weighted by Gasteiger charge is 2.34. The lowest BCUT2D eigenvalue weighted by Crippen LogP contribution is -2.29. The Hall–Kier alpha value is -2.12. The van der Waals surface area contributed by atoms with Crippen LogP contribution in [0.25, 0.3) is 0 Å². The maximum Gasteiger partial charge on any atom is 0.0949 e. The molecule has 6 nitrogen and oxygen atoms in total. The third-order valence-electron chi connectivity index (χ3n) is 5.46. The fraction of sp³-hybridized carbons (Fsp3) is 0.476. The molecule has 28 heavy (non-hydrogen) atoms. The summed E-state index contributed by atoms with van der Waals surface area (Å²) in [6, 6.07) is 7.11. The summed E-state index contributed by atoms with van der Waals surface area (Å²) in [5.41, 5.74) is 2.26. The van der Waals surface area contributed by atoms with Gasteiger partial charge in [-0.1, -0.05) is 18.9 Å². The quantitative estimate of drug-likeness (QED) is 0.615. The SMILES string of the molecule is CNCc1cccc(CSC2CCCCC(n3ccnc3)C2n2ccnc2)n1. The molecule has 0 bridgehead atoms. The first kappa shape index (κ1) is 19.2. The molecule has 0 spiro atoms. The van der Waals surface area contributed by atoms with Crippen LogP contribution in [0.3, 0.4) is 0 Å². The first-order valence-electron chi connectivity index (χ1n) is 10.0. The van der Waals surface area contributed by atoms with E-state index in [4.69, 9.17) is 4.98 Å². The van der Waals surface area contributed by atoms with E-state index < -0.39 is 0 Å². The van der Waals surface area contributed by atoms with Crippen LogP contribution in [0.5, 0.6) is 0 Å². The van der Waals surface area contributed by atoms with Crippen molar-refractivity contribution in [3.8, 4) is 0 Å². The monoisotopic (exact) mass is 396 g/mol. The Balaban J connectivity index is 1.55. The lowest BCUT2D eigenvalue weighted by atomic mass is 10.0. The number of hydrogen-bond acceptors (Lipinski definition) is 5. The predicted octanol–water partition coefficient (Wildman–Crippen LogP) is 3.85. The molecular weight excluding hydrogens is 368 g/mol. The highest BCUT2D eigenvalue weighted by atomic mass is 32.2. The molecule has 1 fully saturated rings. The lowest BCUT2D eigenvalue weighted by Gasteiger charge is -2.33. The minimum atomic E-state index is 0.365. The molecule has 0 aromatic carbocycles. The van der Waals surface area contributed by atoms with Crippen LogP contribution in [0, 0.1) is 0 Å². The van der Waals surface area contributed by atoms with Gasteiger partial charge in [-0.25, -0.2) is 9.97 Å². The van der Waals surface area contributed by atoms with Crippen molar-refractivity contribution < 1.29 is 0 Å². The summed E-state index contributed by atoms with van der Waals surface area (Å²) in [6.45, 7) is 0.808. The Morgan fingerprint density at radius 3 is 2.54 bits per heavy atom. The maximum atomic E-state index is 4.81. The van der Waals surface area contributed by atoms with Gasteiger partial charge in [0, 0.05) is 42.3 Å². The van der Waals surface area contributed by atoms with Crippen LogP contribution in [0.2, 0.25) is 0 Å². The molecule has 1 N–H and O–H groups in total. The number of pyridine rings is 1. The summed E-state index contributed by atoms with van der Waals surface area (Å²) >= 11 is 2.03. The van der Waals surface area contributed by atoms with Crippen molar-refractivity contribution in [3.63, 3.8) is 0 Å². The molecule has 1 aliphatic carbocycles. The Labute approximate surface area is 170 Å². The zero-order valence-electron chi connectivity index (χ0n) is 16.3. The maximum absolute atomic E-state index is 4.81. The molecule has 4 rings (SSSR count). The van der Waals surface area contributed by atoms with E-state index in [1.165, 1.54) is 25.7 Å². The average Bonchev–Trinajstić information content (AvgIpc) is 3.39. The molecule has 0 aliphatic heterocycles. The van der Waals surface area contributed by atoms with Gasteiger partial charge >= 0.3 is 0 Å². The minimum absolute atomic E-state index is 0.365. The second-order valence-electron chi connectivity index (χ2n) is 7.36. The van der Waals surface area contributed by atoms with Gasteiger partial charge in [0.05, 0.1) is 36.1 Å². The normalized spacial score (nSPS) is 22.8. The first-order valence-corrected chi connectivity index (χ1v) is 11.1. The number of nitrogens with zero attached hydrogens (tertiary/aromatic N) is 5. The highest BCUT2D eigenvalue weighted by Crippen LogP contribution is 2.42. The Kier molecular flexibility index (Phi) is 6.44. The van der Waals surface area contributed by atoms with Crippen LogP contribution in [0.4, 0.5) is 0 Å². The van der Waals surface area contributed by atoms with Gasteiger partial charge in [-0.2, -0.15) is 0 Å². The van der Waals surface area contributed by atoms with Crippen LogP contribution in [-0.2, 0) is 12.3 Å². The highest BCUT2D eigenvalue weighted by molar-refractivity contribution is 7.99. The molecular formula is C21H28N6S. The summed E-state index contributed by atoms with van der Waals surface area (Å²) in [5.74, 6) is 0.935. The van der Waals surface area contributed by atoms with Gasteiger partial charge < -0.3 is 14.5 Å². The third-order valence-corrected chi connectivity index (χ3v) is 6.86. The van der Waals surface area contributed by atoms with Crippen molar-refractivity contribution in [3.05, 3.63) is 67.0 Å². The van der Waals surface area contributed by atoms with Gasteiger partial charge in [0.1, 0.15) is 0 Å². The van der Waals surface area contributed by atoms with Gasteiger partial charge in [-0.15, -0.1) is 11.8 Å². The number of hydrogen-bond donors (Lipinski definition) is 1. The molecule has 3 aromatic heterocycles. The molecule has 1 saturated carbocycles. The van der Waals surface area contributed by atoms with Gasteiger partial charge in [0.15, 0.2) is 0 Å². The standard InChI is InChI=1S/C21H28N6S/c1-22-13-17-5-4-6-18(25-17)14-28-20-8-3-2-7-19(26-11-9-23-15-26)21(20)27-12-10-24-16-27/h4-6,9-12,15-16,19-22H,2-3,7-8,13-14H2,1H3. The molecule has 148 valence electrons. The Morgan fingerprint density at radius 1 is 1.04 bits per heavy atom. The summed E-state index contributed by atoms with van der Waals surface area (Å²) in [4.78, 5) is 13.5. The summed E-state index contributed by atoms with van der Waals surface area (Å²) in [6.07, 6.45) is 16.8. The first-order chi connectivity index (χ1) is 13.8. The second kappa shape index (κ2) is 9.39. The van der Waals surface area contributed by atoms with E-state index in [-0.39, 0.29) is 0 Å².